The lowest BCUT2D eigenvalue weighted by Crippen LogP contribution is -2.97. The summed E-state index contributed by atoms with van der Waals surface area (Å²) >= 11 is 0. The molecule has 426 valence electrons. The van der Waals surface area contributed by atoms with Crippen molar-refractivity contribution in [3.05, 3.63) is 47.2 Å². The number of benzene rings is 1. The van der Waals surface area contributed by atoms with E-state index >= 15 is 0 Å². The second kappa shape index (κ2) is 35.8. The van der Waals surface area contributed by atoms with Crippen LogP contribution in [0.4, 0.5) is 0 Å². The summed E-state index contributed by atoms with van der Waals surface area (Å²) in [6.07, 6.45) is 10.4. The molecule has 74 heavy (non-hydrogen) atoms. The van der Waals surface area contributed by atoms with Gasteiger partial charge in [0.1, 0.15) is 67.0 Å². The Morgan fingerprint density at radius 2 is 1.16 bits per heavy atom. The minimum absolute atomic E-state index is 0.118. The van der Waals surface area contributed by atoms with Crippen LogP contribution in [0.5, 0.6) is 11.5 Å². The summed E-state index contributed by atoms with van der Waals surface area (Å²) in [6, 6.07) is 4.78. The number of hydrogen-bond acceptors (Lipinski definition) is 18. The lowest BCUT2D eigenvalue weighted by molar-refractivity contribution is -0.822. The molecule has 9 N–H and O–H groups in total. The van der Waals surface area contributed by atoms with Gasteiger partial charge in [0.25, 0.3) is 0 Å². The molecule has 3 heterocycles. The predicted molar refractivity (Wildman–Crippen MR) is 277 cm³/mol. The van der Waals surface area contributed by atoms with E-state index < -0.39 is 67.5 Å². The lowest BCUT2D eigenvalue weighted by Gasteiger charge is -2.42. The third-order valence-corrected chi connectivity index (χ3v) is 13.3. The van der Waals surface area contributed by atoms with E-state index in [4.69, 9.17) is 42.6 Å². The number of unbranched alkanes of at least 4 members (excludes halogenated alkanes) is 16. The monoisotopic (exact) mass is 1050 g/mol. The number of nitrogens with two attached hydrogens (primary N) is 1. The van der Waals surface area contributed by atoms with Crippen LogP contribution >= 0.6 is 0 Å². The average Bonchev–Trinajstić information content (AvgIpc) is 3.84. The minimum Gasteiger partial charge on any atom is -0.506 e. The Labute approximate surface area is 441 Å². The van der Waals surface area contributed by atoms with Crippen LogP contribution in [0, 0.1) is 5.41 Å². The normalized spacial score (nSPS) is 23.2. The van der Waals surface area contributed by atoms with Crippen molar-refractivity contribution in [3.63, 3.8) is 0 Å². The number of nitrogens with zero attached hydrogens (tertiary/aromatic N) is 1. The van der Waals surface area contributed by atoms with Crippen molar-refractivity contribution in [2.75, 3.05) is 66.0 Å². The first-order valence-electron chi connectivity index (χ1n) is 28.0. The van der Waals surface area contributed by atoms with Crippen LogP contribution in [-0.4, -0.2) is 157 Å². The molecule has 1 fully saturated rings. The van der Waals surface area contributed by atoms with Gasteiger partial charge in [0.15, 0.2) is 17.8 Å². The van der Waals surface area contributed by atoms with Gasteiger partial charge in [-0.25, -0.2) is 15.2 Å². The Hall–Kier alpha value is -3.47. The number of nitrogens with one attached hydrogen (secondary N) is 1. The highest BCUT2D eigenvalue weighted by Crippen LogP contribution is 2.31. The van der Waals surface area contributed by atoms with E-state index in [1.807, 2.05) is 0 Å². The molecule has 0 radical (unpaired) electrons. The Morgan fingerprint density at radius 1 is 0.649 bits per heavy atom. The molecular weight excluding hydrogens is 959 g/mol. The van der Waals surface area contributed by atoms with E-state index in [1.165, 1.54) is 76.3 Å². The molecule has 0 aromatic heterocycles. The zero-order valence-electron chi connectivity index (χ0n) is 45.4. The Kier molecular flexibility index (Phi) is 30.5. The second-order valence-corrected chi connectivity index (χ2v) is 20.5. The zero-order valence-corrected chi connectivity index (χ0v) is 45.4. The molecule has 19 heteroatoms. The summed E-state index contributed by atoms with van der Waals surface area (Å²) in [5.74, 6) is -0.724. The van der Waals surface area contributed by atoms with Crippen LogP contribution in [0.25, 0.3) is 0 Å². The minimum atomic E-state index is -1.86. The summed E-state index contributed by atoms with van der Waals surface area (Å²) in [4.78, 5) is 13.4. The van der Waals surface area contributed by atoms with Crippen molar-refractivity contribution >= 4 is 5.97 Å². The Bertz CT molecular complexity index is 1700. The third kappa shape index (κ3) is 22.6. The van der Waals surface area contributed by atoms with Crippen molar-refractivity contribution in [2.24, 2.45) is 5.41 Å². The van der Waals surface area contributed by atoms with Crippen LogP contribution in [0.3, 0.4) is 0 Å². The summed E-state index contributed by atoms with van der Waals surface area (Å²) in [7, 11) is 0. The molecule has 19 nitrogen and oxygen atoms in total. The molecule has 0 saturated carbocycles. The maximum Gasteiger partial charge on any atom is 0.338 e. The van der Waals surface area contributed by atoms with Gasteiger partial charge in [-0.2, -0.15) is 0 Å². The molecular formula is C55H96N3O16+. The Balaban J connectivity index is 1.31. The van der Waals surface area contributed by atoms with Crippen LogP contribution in [0.15, 0.2) is 41.6 Å². The van der Waals surface area contributed by atoms with Crippen LogP contribution in [0.1, 0.15) is 173 Å². The number of carbonyl (C=O) groups is 1. The molecule has 4 rings (SSSR count). The second-order valence-electron chi connectivity index (χ2n) is 20.5. The van der Waals surface area contributed by atoms with Gasteiger partial charge < -0.3 is 73.3 Å². The van der Waals surface area contributed by atoms with Crippen LogP contribution in [0.2, 0.25) is 0 Å². The van der Waals surface area contributed by atoms with Crippen LogP contribution in [-0.2, 0) is 33.2 Å². The van der Waals surface area contributed by atoms with E-state index in [9.17, 15) is 35.4 Å². The van der Waals surface area contributed by atoms with E-state index in [1.54, 1.807) is 22.8 Å². The standard InChI is InChI=1S/C55H95N3O16/c1-6-10-14-16-18-20-24-26-66-37-55(5,38-67-27-25-21-19-17-15-11-7-2)39-68-35-41-33-58(57-56-41)34-44-46(59)48(61)50(63)53(72-44)74-54-51(64)49(62)47(60)45(73-54)36-71-52(65)40-30-42(69-28-22-12-8-3)32-43(31-40)70-29-23-13-9-4/h30-33,45,47-51,53-54,56-57,59-64H,6-29,34-39H2,1-5H3/p+1/t45?,47-,48?,49?,50?,51?,53-,54+/m1/s1. The summed E-state index contributed by atoms with van der Waals surface area (Å²) in [6.45, 7) is 14.0. The van der Waals surface area contributed by atoms with Crippen LogP contribution < -0.4 is 20.4 Å². The zero-order chi connectivity index (χ0) is 53.6. The van der Waals surface area contributed by atoms with E-state index in [2.05, 4.69) is 40.0 Å². The maximum absolute atomic E-state index is 13.4. The Morgan fingerprint density at radius 3 is 1.73 bits per heavy atom. The number of quaternary nitrogens is 1. The van der Waals surface area contributed by atoms with E-state index in [0.29, 0.717) is 63.4 Å². The molecule has 1 aromatic rings. The number of aliphatic hydroxyl groups is 6. The molecule has 1 aromatic carbocycles. The number of ether oxygens (including phenoxy) is 9. The van der Waals surface area contributed by atoms with E-state index in [-0.39, 0.29) is 29.9 Å². The quantitative estimate of drug-likeness (QED) is 0.0202. The van der Waals surface area contributed by atoms with Gasteiger partial charge in [-0.15, -0.1) is 5.53 Å². The SMILES string of the molecule is CCCCCCCCCOCC(C)(COCCCCCCCCC)COCC1=CN(CC2=C(O)C(O)C(O)[C@@H](O[C@@H]3OC(COC(=O)c4cc(OCCCCC)cc(OCCCCC)c4)[C@@H](O)C(O)C3O)O2)[NH2+]N1. The molecule has 0 bridgehead atoms. The largest absolute Gasteiger partial charge is 0.506 e. The summed E-state index contributed by atoms with van der Waals surface area (Å²) in [5, 5.41) is 67.0. The van der Waals surface area contributed by atoms with Crippen molar-refractivity contribution < 1.29 is 83.6 Å². The predicted octanol–water partition coefficient (Wildman–Crippen LogP) is 6.35. The first-order valence-corrected chi connectivity index (χ1v) is 28.0. The van der Waals surface area contributed by atoms with Crippen molar-refractivity contribution in [1.29, 1.82) is 0 Å². The van der Waals surface area contributed by atoms with E-state index in [0.717, 1.165) is 64.2 Å². The fraction of sp³-hybridized carbons (Fsp3) is 0.800. The fourth-order valence-electron chi connectivity index (χ4n) is 8.72. The van der Waals surface area contributed by atoms with Gasteiger partial charge in [-0.3, -0.25) is 0 Å². The van der Waals surface area contributed by atoms with Gasteiger partial charge in [0.05, 0.1) is 51.4 Å². The molecule has 1 saturated heterocycles. The smallest absolute Gasteiger partial charge is 0.338 e. The van der Waals surface area contributed by atoms with Crippen molar-refractivity contribution in [3.8, 4) is 11.5 Å². The lowest BCUT2D eigenvalue weighted by atomic mass is 9.94. The number of hydrogen-bond donors (Lipinski definition) is 8. The van der Waals surface area contributed by atoms with Gasteiger partial charge in [-0.1, -0.05) is 137 Å². The maximum atomic E-state index is 13.4. The first kappa shape index (κ1) is 63.1. The average molecular weight is 1060 g/mol. The highest BCUT2D eigenvalue weighted by atomic mass is 16.8. The summed E-state index contributed by atoms with van der Waals surface area (Å²) in [5.41, 5.74) is 5.25. The third-order valence-electron chi connectivity index (χ3n) is 13.3. The topological polar surface area (TPSA) is 253 Å². The van der Waals surface area contributed by atoms with Gasteiger partial charge in [0, 0.05) is 24.7 Å². The van der Waals surface area contributed by atoms with Gasteiger partial charge >= 0.3 is 5.97 Å². The number of rotatable bonds is 41. The van der Waals surface area contributed by atoms with Gasteiger partial charge in [0.2, 0.25) is 6.29 Å². The number of aliphatic hydroxyl groups excluding tert-OH is 6. The van der Waals surface area contributed by atoms with Crippen molar-refractivity contribution in [2.45, 2.75) is 212 Å². The highest BCUT2D eigenvalue weighted by molar-refractivity contribution is 5.90. The van der Waals surface area contributed by atoms with Gasteiger partial charge in [-0.05, 0) is 37.8 Å². The first-order chi connectivity index (χ1) is 35.8. The summed E-state index contributed by atoms with van der Waals surface area (Å²) < 4.78 is 53.5. The molecule has 3 aliphatic rings. The molecule has 0 spiro atoms. The fourth-order valence-corrected chi connectivity index (χ4v) is 8.72. The molecule has 0 amide bonds. The molecule has 3 aliphatic heterocycles. The number of carbonyl (C=O) groups excluding carboxylic acids is 1. The van der Waals surface area contributed by atoms with Crippen molar-refractivity contribution in [1.82, 2.24) is 10.4 Å². The number of esters is 1. The highest BCUT2D eigenvalue weighted by Gasteiger charge is 2.49. The molecule has 0 aliphatic carbocycles. The molecule has 5 unspecified atom stereocenters. The molecule has 8 atom stereocenters.